The predicted octanol–water partition coefficient (Wildman–Crippen LogP) is 4.42. The first-order chi connectivity index (χ1) is 10.1. The topological polar surface area (TPSA) is 24.9 Å². The van der Waals surface area contributed by atoms with Crippen LogP contribution in [-0.4, -0.2) is 11.0 Å². The summed E-state index contributed by atoms with van der Waals surface area (Å²) in [6.07, 6.45) is 3.61. The molecular formula is C18H24N2S. The van der Waals surface area contributed by atoms with Gasteiger partial charge in [-0.05, 0) is 25.3 Å². The summed E-state index contributed by atoms with van der Waals surface area (Å²) in [4.78, 5) is 6.40. The Hall–Kier alpha value is -1.19. The van der Waals surface area contributed by atoms with E-state index in [4.69, 9.17) is 4.98 Å². The van der Waals surface area contributed by atoms with Gasteiger partial charge in [0.1, 0.15) is 0 Å². The average molecular weight is 300 g/mol. The monoisotopic (exact) mass is 300 g/mol. The second-order valence-electron chi connectivity index (χ2n) is 6.39. The molecule has 1 aliphatic carbocycles. The summed E-state index contributed by atoms with van der Waals surface area (Å²) in [7, 11) is 0. The van der Waals surface area contributed by atoms with Crippen LogP contribution in [0.3, 0.4) is 0 Å². The number of rotatable bonds is 6. The van der Waals surface area contributed by atoms with Crippen molar-refractivity contribution >= 4 is 11.3 Å². The van der Waals surface area contributed by atoms with Crippen LogP contribution in [0.25, 0.3) is 0 Å². The van der Waals surface area contributed by atoms with Crippen molar-refractivity contribution in [2.45, 2.75) is 58.5 Å². The lowest BCUT2D eigenvalue weighted by Crippen LogP contribution is -2.21. The molecule has 0 aliphatic heterocycles. The van der Waals surface area contributed by atoms with E-state index in [0.29, 0.717) is 6.04 Å². The summed E-state index contributed by atoms with van der Waals surface area (Å²) in [6, 6.07) is 9.34. The third-order valence-electron chi connectivity index (χ3n) is 3.88. The summed E-state index contributed by atoms with van der Waals surface area (Å²) < 4.78 is 0. The van der Waals surface area contributed by atoms with Crippen LogP contribution >= 0.6 is 11.3 Å². The Kier molecular flexibility index (Phi) is 4.41. The Morgan fingerprint density at radius 2 is 1.95 bits per heavy atom. The molecule has 1 aromatic carbocycles. The van der Waals surface area contributed by atoms with Crippen molar-refractivity contribution in [1.29, 1.82) is 0 Å². The molecular weight excluding hydrogens is 276 g/mol. The largest absolute Gasteiger partial charge is 0.310 e. The normalized spacial score (nSPS) is 14.9. The van der Waals surface area contributed by atoms with Gasteiger partial charge in [-0.1, -0.05) is 43.7 Å². The molecule has 1 saturated carbocycles. The number of aryl methyl sites for hydroxylation is 1. The van der Waals surface area contributed by atoms with E-state index in [-0.39, 0.29) is 0 Å². The number of hydrogen-bond acceptors (Lipinski definition) is 3. The minimum atomic E-state index is 0.528. The SMILES string of the molecule is Cc1ccc(Cc2nc(C3CC3)c(CNC(C)C)s2)cc1. The van der Waals surface area contributed by atoms with E-state index < -0.39 is 0 Å². The molecule has 1 N–H and O–H groups in total. The maximum absolute atomic E-state index is 4.95. The number of benzene rings is 1. The van der Waals surface area contributed by atoms with Crippen LogP contribution in [0, 0.1) is 6.92 Å². The minimum Gasteiger partial charge on any atom is -0.310 e. The number of thiazole rings is 1. The van der Waals surface area contributed by atoms with E-state index in [2.05, 4.69) is 50.4 Å². The van der Waals surface area contributed by atoms with Crippen molar-refractivity contribution in [1.82, 2.24) is 10.3 Å². The molecule has 0 saturated heterocycles. The van der Waals surface area contributed by atoms with Gasteiger partial charge in [0.15, 0.2) is 0 Å². The molecule has 1 aromatic heterocycles. The fraction of sp³-hybridized carbons (Fsp3) is 0.500. The Morgan fingerprint density at radius 3 is 2.57 bits per heavy atom. The minimum absolute atomic E-state index is 0.528. The van der Waals surface area contributed by atoms with Crippen LogP contribution in [0.5, 0.6) is 0 Å². The van der Waals surface area contributed by atoms with Crippen LogP contribution in [0.4, 0.5) is 0 Å². The maximum atomic E-state index is 4.95. The van der Waals surface area contributed by atoms with E-state index in [0.717, 1.165) is 18.9 Å². The zero-order valence-electron chi connectivity index (χ0n) is 13.1. The third kappa shape index (κ3) is 3.92. The van der Waals surface area contributed by atoms with Crippen molar-refractivity contribution in [3.63, 3.8) is 0 Å². The van der Waals surface area contributed by atoms with Crippen molar-refractivity contribution in [3.8, 4) is 0 Å². The van der Waals surface area contributed by atoms with Crippen molar-refractivity contribution in [2.75, 3.05) is 0 Å². The standard InChI is InChI=1S/C18H24N2S/c1-12(2)19-11-16-18(15-8-9-15)20-17(21-16)10-14-6-4-13(3)5-7-14/h4-7,12,15,19H,8-11H2,1-3H3. The lowest BCUT2D eigenvalue weighted by atomic mass is 10.1. The summed E-state index contributed by atoms with van der Waals surface area (Å²) in [5.74, 6) is 0.733. The van der Waals surface area contributed by atoms with E-state index in [1.54, 1.807) is 0 Å². The van der Waals surface area contributed by atoms with E-state index in [1.807, 2.05) is 11.3 Å². The molecule has 1 fully saturated rings. The van der Waals surface area contributed by atoms with Gasteiger partial charge in [-0.2, -0.15) is 0 Å². The van der Waals surface area contributed by atoms with Crippen LogP contribution in [0.15, 0.2) is 24.3 Å². The highest BCUT2D eigenvalue weighted by Crippen LogP contribution is 2.42. The van der Waals surface area contributed by atoms with Crippen molar-refractivity contribution in [3.05, 3.63) is 51.0 Å². The second kappa shape index (κ2) is 6.29. The Labute approximate surface area is 131 Å². The van der Waals surface area contributed by atoms with Gasteiger partial charge in [0.25, 0.3) is 0 Å². The Bertz CT molecular complexity index is 594. The molecule has 0 atom stereocenters. The van der Waals surface area contributed by atoms with Crippen LogP contribution in [0.2, 0.25) is 0 Å². The van der Waals surface area contributed by atoms with Crippen molar-refractivity contribution in [2.24, 2.45) is 0 Å². The number of aromatic nitrogens is 1. The highest BCUT2D eigenvalue weighted by Gasteiger charge is 2.29. The molecule has 2 aromatic rings. The number of nitrogens with zero attached hydrogens (tertiary/aromatic N) is 1. The zero-order valence-corrected chi connectivity index (χ0v) is 14.0. The Balaban J connectivity index is 1.75. The lowest BCUT2D eigenvalue weighted by Gasteiger charge is -2.07. The summed E-state index contributed by atoms with van der Waals surface area (Å²) in [5.41, 5.74) is 4.05. The highest BCUT2D eigenvalue weighted by molar-refractivity contribution is 7.11. The van der Waals surface area contributed by atoms with Gasteiger partial charge in [0.05, 0.1) is 10.7 Å². The number of hydrogen-bond donors (Lipinski definition) is 1. The molecule has 0 spiro atoms. The molecule has 21 heavy (non-hydrogen) atoms. The summed E-state index contributed by atoms with van der Waals surface area (Å²) >= 11 is 1.90. The van der Waals surface area contributed by atoms with E-state index in [9.17, 15) is 0 Å². The smallest absolute Gasteiger partial charge is 0.0975 e. The van der Waals surface area contributed by atoms with Crippen LogP contribution < -0.4 is 5.32 Å². The maximum Gasteiger partial charge on any atom is 0.0975 e. The molecule has 0 radical (unpaired) electrons. The first-order valence-corrected chi connectivity index (χ1v) is 8.71. The molecule has 112 valence electrons. The molecule has 3 heteroatoms. The fourth-order valence-electron chi connectivity index (χ4n) is 2.47. The van der Waals surface area contributed by atoms with Gasteiger partial charge in [-0.15, -0.1) is 11.3 Å². The fourth-order valence-corrected chi connectivity index (χ4v) is 3.61. The lowest BCUT2D eigenvalue weighted by molar-refractivity contribution is 0.590. The highest BCUT2D eigenvalue weighted by atomic mass is 32.1. The van der Waals surface area contributed by atoms with Gasteiger partial charge >= 0.3 is 0 Å². The van der Waals surface area contributed by atoms with Gasteiger partial charge in [0.2, 0.25) is 0 Å². The molecule has 1 aliphatic rings. The quantitative estimate of drug-likeness (QED) is 0.854. The average Bonchev–Trinajstić information content (AvgIpc) is 3.21. The van der Waals surface area contributed by atoms with E-state index in [1.165, 1.54) is 39.5 Å². The van der Waals surface area contributed by atoms with Gasteiger partial charge < -0.3 is 5.32 Å². The third-order valence-corrected chi connectivity index (χ3v) is 4.95. The zero-order chi connectivity index (χ0) is 14.8. The van der Waals surface area contributed by atoms with Gasteiger partial charge in [0, 0.05) is 29.8 Å². The summed E-state index contributed by atoms with van der Waals surface area (Å²) in [5, 5.41) is 4.80. The molecule has 3 rings (SSSR count). The molecule has 0 unspecified atom stereocenters. The predicted molar refractivity (Wildman–Crippen MR) is 90.0 cm³/mol. The summed E-state index contributed by atoms with van der Waals surface area (Å²) in [6.45, 7) is 7.50. The first-order valence-electron chi connectivity index (χ1n) is 7.89. The molecule has 0 bridgehead atoms. The van der Waals surface area contributed by atoms with E-state index >= 15 is 0 Å². The van der Waals surface area contributed by atoms with Crippen LogP contribution in [-0.2, 0) is 13.0 Å². The molecule has 0 amide bonds. The van der Waals surface area contributed by atoms with Crippen molar-refractivity contribution < 1.29 is 0 Å². The van der Waals surface area contributed by atoms with Gasteiger partial charge in [-0.3, -0.25) is 0 Å². The Morgan fingerprint density at radius 1 is 1.24 bits per heavy atom. The first kappa shape index (κ1) is 14.7. The number of nitrogens with one attached hydrogen (secondary N) is 1. The molecule has 1 heterocycles. The van der Waals surface area contributed by atoms with Crippen LogP contribution in [0.1, 0.15) is 59.3 Å². The second-order valence-corrected chi connectivity index (χ2v) is 7.56. The van der Waals surface area contributed by atoms with Gasteiger partial charge in [-0.25, -0.2) is 4.98 Å². The molecule has 2 nitrogen and oxygen atoms in total.